The molecule has 0 bridgehead atoms. The van der Waals surface area contributed by atoms with Crippen LogP contribution in [-0.2, 0) is 30.5 Å². The molecule has 1 aromatic carbocycles. The lowest BCUT2D eigenvalue weighted by atomic mass is 9.92. The van der Waals surface area contributed by atoms with Crippen LogP contribution < -0.4 is 26.6 Å². The molecule has 5 amide bonds. The number of carbonyl (C=O) groups excluding carboxylic acids is 5. The highest BCUT2D eigenvalue weighted by molar-refractivity contribution is 7.98. The Morgan fingerprint density at radius 1 is 0.780 bits per heavy atom. The van der Waals surface area contributed by atoms with Gasteiger partial charge in [0.25, 0.3) is 0 Å². The van der Waals surface area contributed by atoms with Gasteiger partial charge in [-0.15, -0.1) is 0 Å². The lowest BCUT2D eigenvalue weighted by molar-refractivity contribution is -0.134. The number of rotatable bonds is 20. The van der Waals surface area contributed by atoms with E-state index in [9.17, 15) is 34.2 Å². The maximum Gasteiger partial charge on any atom is 0.408 e. The zero-order valence-corrected chi connectivity index (χ0v) is 32.2. The molecule has 0 heterocycles. The van der Waals surface area contributed by atoms with E-state index >= 15 is 0 Å². The first kappa shape index (κ1) is 44.7. The molecular formula is C36H61N5O8S. The van der Waals surface area contributed by atoms with Gasteiger partial charge in [-0.3, -0.25) is 19.2 Å². The fourth-order valence-corrected chi connectivity index (χ4v) is 5.54. The summed E-state index contributed by atoms with van der Waals surface area (Å²) in [5.74, 6) is -2.60. The maximum atomic E-state index is 13.7. The number of benzene rings is 1. The minimum absolute atomic E-state index is 0.0429. The van der Waals surface area contributed by atoms with Crippen molar-refractivity contribution in [3.05, 3.63) is 35.9 Å². The van der Waals surface area contributed by atoms with Gasteiger partial charge >= 0.3 is 6.09 Å². The van der Waals surface area contributed by atoms with Crippen molar-refractivity contribution >= 4 is 41.5 Å². The average molecular weight is 724 g/mol. The number of aliphatic hydroxyl groups excluding tert-OH is 2. The molecule has 0 spiro atoms. The summed E-state index contributed by atoms with van der Waals surface area (Å²) in [6.45, 7) is 15.8. The maximum absolute atomic E-state index is 13.7. The smallest absolute Gasteiger partial charge is 0.408 e. The molecule has 13 nitrogen and oxygen atoms in total. The molecule has 0 saturated carbocycles. The highest BCUT2D eigenvalue weighted by Crippen LogP contribution is 2.17. The van der Waals surface area contributed by atoms with Gasteiger partial charge in [0.2, 0.25) is 23.6 Å². The predicted octanol–water partition coefficient (Wildman–Crippen LogP) is 2.87. The lowest BCUT2D eigenvalue weighted by Crippen LogP contribution is -2.58. The van der Waals surface area contributed by atoms with Crippen LogP contribution in [0.15, 0.2) is 30.3 Å². The lowest BCUT2D eigenvalue weighted by Gasteiger charge is -2.31. The van der Waals surface area contributed by atoms with Gasteiger partial charge in [-0.05, 0) is 76.4 Å². The second kappa shape index (κ2) is 21.8. The van der Waals surface area contributed by atoms with Crippen LogP contribution >= 0.6 is 11.8 Å². The summed E-state index contributed by atoms with van der Waals surface area (Å²) >= 11 is 1.50. The molecule has 0 radical (unpaired) electrons. The standard InChI is InChI=1S/C36H61N5O8S/c1-21(2)18-27(28(43)19-23(5)31(44)40-30(24(6)42)33(46)37-20-25-14-12-11-13-15-25)39-32(45)26(16-17-50-10)38-34(47)29(22(3)4)41-35(48)49-36(7,8)9/h11-15,21-24,26-30,42-43H,16-20H2,1-10H3,(H,37,46)(H,38,47)(H,39,45)(H,40,44)(H,41,48)/t23-,24+,26?,27+,28+,29+,30+/m1/s1. The summed E-state index contributed by atoms with van der Waals surface area (Å²) in [5, 5.41) is 35.2. The van der Waals surface area contributed by atoms with Gasteiger partial charge in [0.05, 0.1) is 18.2 Å². The van der Waals surface area contributed by atoms with E-state index in [1.54, 1.807) is 41.5 Å². The minimum atomic E-state index is -1.21. The summed E-state index contributed by atoms with van der Waals surface area (Å²) in [7, 11) is 0. The molecule has 14 heteroatoms. The van der Waals surface area contributed by atoms with Crippen LogP contribution in [-0.4, -0.2) is 93.9 Å². The third-order valence-electron chi connectivity index (χ3n) is 7.80. The molecule has 1 aromatic rings. The number of carbonyl (C=O) groups is 5. The Bertz CT molecular complexity index is 1220. The first-order valence-electron chi connectivity index (χ1n) is 17.3. The van der Waals surface area contributed by atoms with Crippen LogP contribution in [0.25, 0.3) is 0 Å². The topological polar surface area (TPSA) is 195 Å². The SMILES string of the molecule is CSCCC(NC(=O)[C@@H](NC(=O)OC(C)(C)C)C(C)C)C(=O)N[C@@H](CC(C)C)[C@@H](O)C[C@@H](C)C(=O)N[C@H](C(=O)NCc1ccccc1)[C@H](C)O. The van der Waals surface area contributed by atoms with Crippen LogP contribution in [0.3, 0.4) is 0 Å². The van der Waals surface area contributed by atoms with Crippen LogP contribution in [0.2, 0.25) is 0 Å². The number of alkyl carbamates (subject to hydrolysis) is 1. The van der Waals surface area contributed by atoms with Gasteiger partial charge in [0.15, 0.2) is 0 Å². The van der Waals surface area contributed by atoms with Crippen molar-refractivity contribution in [2.75, 3.05) is 12.0 Å². The molecule has 1 rings (SSSR count). The number of aliphatic hydroxyl groups is 2. The predicted molar refractivity (Wildman–Crippen MR) is 196 cm³/mol. The van der Waals surface area contributed by atoms with E-state index < -0.39 is 77.6 Å². The second-order valence-corrected chi connectivity index (χ2v) is 15.6. The fourth-order valence-electron chi connectivity index (χ4n) is 5.07. The molecular weight excluding hydrogens is 662 g/mol. The van der Waals surface area contributed by atoms with E-state index in [0.717, 1.165) is 5.56 Å². The summed E-state index contributed by atoms with van der Waals surface area (Å²) in [6, 6.07) is 5.34. The zero-order chi connectivity index (χ0) is 38.2. The molecule has 0 aliphatic rings. The first-order valence-corrected chi connectivity index (χ1v) is 18.7. The molecule has 0 aliphatic carbocycles. The van der Waals surface area contributed by atoms with Crippen LogP contribution in [0.1, 0.15) is 87.1 Å². The molecule has 284 valence electrons. The van der Waals surface area contributed by atoms with Crippen molar-refractivity contribution in [3.63, 3.8) is 0 Å². The van der Waals surface area contributed by atoms with Gasteiger partial charge in [0, 0.05) is 12.5 Å². The Morgan fingerprint density at radius 2 is 1.40 bits per heavy atom. The number of nitrogens with one attached hydrogen (secondary N) is 5. The van der Waals surface area contributed by atoms with E-state index in [0.29, 0.717) is 18.6 Å². The molecule has 0 aromatic heterocycles. The van der Waals surface area contributed by atoms with Gasteiger partial charge in [-0.2, -0.15) is 11.8 Å². The normalized spacial score (nSPS) is 15.9. The van der Waals surface area contributed by atoms with Crippen molar-refractivity contribution in [1.82, 2.24) is 26.6 Å². The molecule has 0 fully saturated rings. The van der Waals surface area contributed by atoms with Crippen molar-refractivity contribution in [2.24, 2.45) is 17.8 Å². The van der Waals surface area contributed by atoms with Gasteiger partial charge in [-0.25, -0.2) is 4.79 Å². The molecule has 50 heavy (non-hydrogen) atoms. The summed E-state index contributed by atoms with van der Waals surface area (Å²) < 4.78 is 5.32. The summed E-state index contributed by atoms with van der Waals surface area (Å²) in [4.78, 5) is 65.5. The Balaban J connectivity index is 3.00. The highest BCUT2D eigenvalue weighted by atomic mass is 32.2. The van der Waals surface area contributed by atoms with E-state index in [4.69, 9.17) is 4.74 Å². The Hall–Kier alpha value is -3.36. The van der Waals surface area contributed by atoms with Crippen LogP contribution in [0.4, 0.5) is 4.79 Å². The monoisotopic (exact) mass is 723 g/mol. The Morgan fingerprint density at radius 3 is 1.92 bits per heavy atom. The Labute approximate surface area is 302 Å². The van der Waals surface area contributed by atoms with Crippen LogP contribution in [0.5, 0.6) is 0 Å². The minimum Gasteiger partial charge on any atom is -0.444 e. The van der Waals surface area contributed by atoms with E-state index in [-0.39, 0.29) is 24.8 Å². The molecule has 0 saturated heterocycles. The van der Waals surface area contributed by atoms with Crippen molar-refractivity contribution < 1.29 is 38.9 Å². The third-order valence-corrected chi connectivity index (χ3v) is 8.44. The number of hydrogen-bond donors (Lipinski definition) is 7. The molecule has 1 unspecified atom stereocenters. The summed E-state index contributed by atoms with van der Waals surface area (Å²) in [5.41, 5.74) is 0.0994. The van der Waals surface area contributed by atoms with Crippen molar-refractivity contribution in [3.8, 4) is 0 Å². The van der Waals surface area contributed by atoms with Crippen molar-refractivity contribution in [2.45, 2.75) is 130 Å². The van der Waals surface area contributed by atoms with Gasteiger partial charge in [0.1, 0.15) is 23.7 Å². The molecule has 7 atom stereocenters. The van der Waals surface area contributed by atoms with Gasteiger partial charge < -0.3 is 41.5 Å². The average Bonchev–Trinajstić information content (AvgIpc) is 3.01. The third kappa shape index (κ3) is 17.0. The highest BCUT2D eigenvalue weighted by Gasteiger charge is 2.34. The number of ether oxygens (including phenoxy) is 1. The van der Waals surface area contributed by atoms with Crippen LogP contribution in [0, 0.1) is 17.8 Å². The second-order valence-electron chi connectivity index (χ2n) is 14.6. The van der Waals surface area contributed by atoms with Gasteiger partial charge in [-0.1, -0.05) is 65.0 Å². The van der Waals surface area contributed by atoms with E-state index in [1.165, 1.54) is 18.7 Å². The van der Waals surface area contributed by atoms with E-state index in [1.807, 2.05) is 50.4 Å². The van der Waals surface area contributed by atoms with Crippen molar-refractivity contribution in [1.29, 1.82) is 0 Å². The molecule has 0 aliphatic heterocycles. The largest absolute Gasteiger partial charge is 0.444 e. The number of hydrogen-bond acceptors (Lipinski definition) is 9. The first-order chi connectivity index (χ1) is 23.2. The molecule has 7 N–H and O–H groups in total. The zero-order valence-electron chi connectivity index (χ0n) is 31.4. The number of amides is 5. The summed E-state index contributed by atoms with van der Waals surface area (Å²) in [6.07, 6.45) is -0.550. The number of thioether (sulfide) groups is 1. The fraction of sp³-hybridized carbons (Fsp3) is 0.694. The quantitative estimate of drug-likeness (QED) is 0.106. The Kier molecular flexibility index (Phi) is 19.4. The van der Waals surface area contributed by atoms with E-state index in [2.05, 4.69) is 26.6 Å².